The summed E-state index contributed by atoms with van der Waals surface area (Å²) < 4.78 is 21.6. The maximum absolute atomic E-state index is 12.0. The molecule has 0 aliphatic rings. The molecule has 1 heterocycles. The van der Waals surface area contributed by atoms with E-state index < -0.39 is 11.9 Å². The van der Waals surface area contributed by atoms with Gasteiger partial charge >= 0.3 is 5.97 Å². The number of hydrogen-bond acceptors (Lipinski definition) is 7. The lowest BCUT2D eigenvalue weighted by atomic mass is 10.2. The van der Waals surface area contributed by atoms with Crippen LogP contribution in [0, 0.1) is 0 Å². The molecule has 0 saturated carbocycles. The number of methoxy groups -OCH3 is 1. The first-order chi connectivity index (χ1) is 15.0. The number of carbonyl (C=O) groups excluding carboxylic acids is 2. The van der Waals surface area contributed by atoms with E-state index in [9.17, 15) is 9.59 Å². The maximum Gasteiger partial charge on any atom is 0.379 e. The van der Waals surface area contributed by atoms with Gasteiger partial charge in [-0.3, -0.25) is 4.79 Å². The minimum atomic E-state index is -0.649. The van der Waals surface area contributed by atoms with Crippen LogP contribution in [0.25, 0.3) is 0 Å². The van der Waals surface area contributed by atoms with Crippen molar-refractivity contribution in [2.75, 3.05) is 13.7 Å². The Morgan fingerprint density at radius 1 is 1.16 bits per heavy atom. The summed E-state index contributed by atoms with van der Waals surface area (Å²) in [4.78, 5) is 23.9. The van der Waals surface area contributed by atoms with Gasteiger partial charge in [-0.1, -0.05) is 11.6 Å². The topological polar surface area (TPSA) is 99.4 Å². The van der Waals surface area contributed by atoms with Crippen LogP contribution in [-0.2, 0) is 4.79 Å². The molecule has 1 aromatic heterocycles. The Kier molecular flexibility index (Phi) is 7.69. The van der Waals surface area contributed by atoms with Crippen molar-refractivity contribution < 1.29 is 28.2 Å². The number of nitrogens with zero attached hydrogens (tertiary/aromatic N) is 1. The average Bonchev–Trinajstić information content (AvgIpc) is 3.29. The van der Waals surface area contributed by atoms with Crippen molar-refractivity contribution in [3.63, 3.8) is 0 Å². The molecule has 0 bridgehead atoms. The molecule has 8 nitrogen and oxygen atoms in total. The van der Waals surface area contributed by atoms with Crippen LogP contribution in [0.5, 0.6) is 17.2 Å². The Hall–Kier alpha value is -3.30. The predicted molar refractivity (Wildman–Crippen MR) is 117 cm³/mol. The Morgan fingerprint density at radius 3 is 2.68 bits per heavy atom. The van der Waals surface area contributed by atoms with Crippen LogP contribution in [0.3, 0.4) is 0 Å². The molecule has 10 heteroatoms. The molecule has 0 radical (unpaired) electrons. The fourth-order valence-corrected chi connectivity index (χ4v) is 3.14. The Labute approximate surface area is 190 Å². The van der Waals surface area contributed by atoms with Crippen LogP contribution in [0.15, 0.2) is 68.8 Å². The van der Waals surface area contributed by atoms with Gasteiger partial charge in [-0.25, -0.2) is 10.2 Å². The van der Waals surface area contributed by atoms with Gasteiger partial charge in [0.15, 0.2) is 18.1 Å². The molecule has 0 aliphatic heterocycles. The highest BCUT2D eigenvalue weighted by atomic mass is 79.9. The number of hydrazone groups is 1. The summed E-state index contributed by atoms with van der Waals surface area (Å²) in [6, 6.07) is 12.8. The number of carbonyl (C=O) groups is 2. The Morgan fingerprint density at radius 2 is 1.97 bits per heavy atom. The molecule has 1 N–H and O–H groups in total. The van der Waals surface area contributed by atoms with Gasteiger partial charge in [0.1, 0.15) is 5.75 Å². The van der Waals surface area contributed by atoms with Crippen LogP contribution < -0.4 is 19.6 Å². The van der Waals surface area contributed by atoms with E-state index in [0.717, 1.165) is 0 Å². The summed E-state index contributed by atoms with van der Waals surface area (Å²) in [5.41, 5.74) is 2.97. The summed E-state index contributed by atoms with van der Waals surface area (Å²) >= 11 is 9.17. The number of hydrogen-bond donors (Lipinski definition) is 1. The van der Waals surface area contributed by atoms with Gasteiger partial charge < -0.3 is 18.6 Å². The number of benzene rings is 2. The first-order valence-corrected chi connectivity index (χ1v) is 9.97. The molecule has 0 spiro atoms. The smallest absolute Gasteiger partial charge is 0.379 e. The van der Waals surface area contributed by atoms with E-state index in [4.69, 9.17) is 30.2 Å². The van der Waals surface area contributed by atoms with Gasteiger partial charge in [0.25, 0.3) is 5.91 Å². The highest BCUT2D eigenvalue weighted by Gasteiger charge is 2.15. The van der Waals surface area contributed by atoms with Gasteiger partial charge in [0.2, 0.25) is 5.76 Å². The third kappa shape index (κ3) is 6.34. The van der Waals surface area contributed by atoms with Crippen molar-refractivity contribution in [2.24, 2.45) is 5.10 Å². The zero-order valence-corrected chi connectivity index (χ0v) is 18.5. The van der Waals surface area contributed by atoms with E-state index in [1.165, 1.54) is 25.7 Å². The molecule has 2 aromatic carbocycles. The third-order valence-corrected chi connectivity index (χ3v) is 4.62. The lowest BCUT2D eigenvalue weighted by Crippen LogP contribution is -2.24. The first-order valence-electron chi connectivity index (χ1n) is 8.79. The van der Waals surface area contributed by atoms with Gasteiger partial charge in [-0.15, -0.1) is 0 Å². The minimum Gasteiger partial charge on any atom is -0.493 e. The van der Waals surface area contributed by atoms with Gasteiger partial charge in [-0.05, 0) is 70.0 Å². The molecule has 160 valence electrons. The fourth-order valence-electron chi connectivity index (χ4n) is 2.34. The molecule has 0 aliphatic carbocycles. The third-order valence-electron chi connectivity index (χ3n) is 3.77. The number of esters is 1. The van der Waals surface area contributed by atoms with E-state index in [1.807, 2.05) is 0 Å². The van der Waals surface area contributed by atoms with Gasteiger partial charge in [0, 0.05) is 5.02 Å². The highest BCUT2D eigenvalue weighted by Crippen LogP contribution is 2.29. The van der Waals surface area contributed by atoms with Crippen LogP contribution in [0.2, 0.25) is 5.02 Å². The second-order valence-electron chi connectivity index (χ2n) is 5.93. The Bertz CT molecular complexity index is 1100. The van der Waals surface area contributed by atoms with Crippen molar-refractivity contribution in [1.82, 2.24) is 5.43 Å². The normalized spacial score (nSPS) is 10.7. The predicted octanol–water partition coefficient (Wildman–Crippen LogP) is 4.45. The highest BCUT2D eigenvalue weighted by molar-refractivity contribution is 9.10. The van der Waals surface area contributed by atoms with E-state index in [2.05, 4.69) is 26.5 Å². The number of ether oxygens (including phenoxy) is 3. The number of rotatable bonds is 8. The van der Waals surface area contributed by atoms with Crippen molar-refractivity contribution in [3.05, 3.63) is 75.6 Å². The molecule has 0 unspecified atom stereocenters. The van der Waals surface area contributed by atoms with E-state index >= 15 is 0 Å². The minimum absolute atomic E-state index is 0.0725. The summed E-state index contributed by atoms with van der Waals surface area (Å²) in [6.45, 7) is -0.234. The number of furan rings is 1. The lowest BCUT2D eigenvalue weighted by molar-refractivity contribution is -0.123. The number of amides is 1. The molecule has 0 atom stereocenters. The van der Waals surface area contributed by atoms with Gasteiger partial charge in [-0.2, -0.15) is 5.10 Å². The van der Waals surface area contributed by atoms with Crippen molar-refractivity contribution in [2.45, 2.75) is 0 Å². The summed E-state index contributed by atoms with van der Waals surface area (Å²) in [5.74, 6) is -0.0206. The van der Waals surface area contributed by atoms with Crippen molar-refractivity contribution >= 4 is 45.6 Å². The van der Waals surface area contributed by atoms with E-state index in [0.29, 0.717) is 26.6 Å². The molecular formula is C21H16BrClN2O6. The number of halogens is 2. The fraction of sp³-hybridized carbons (Fsp3) is 0.0952. The molecule has 31 heavy (non-hydrogen) atoms. The second-order valence-corrected chi connectivity index (χ2v) is 7.22. The van der Waals surface area contributed by atoms with Gasteiger partial charge in [0.05, 0.1) is 24.1 Å². The average molecular weight is 508 g/mol. The van der Waals surface area contributed by atoms with Crippen LogP contribution in [0.1, 0.15) is 16.1 Å². The summed E-state index contributed by atoms with van der Waals surface area (Å²) in [6.07, 6.45) is 2.79. The zero-order valence-electron chi connectivity index (χ0n) is 16.1. The molecule has 1 amide bonds. The van der Waals surface area contributed by atoms with Crippen LogP contribution >= 0.6 is 27.5 Å². The molecule has 0 fully saturated rings. The van der Waals surface area contributed by atoms with E-state index in [-0.39, 0.29) is 18.1 Å². The SMILES string of the molecule is COc1cc(C=NNC(=O)COc2ccc(Cl)cc2Br)ccc1OC(=O)c1ccco1. The quantitative estimate of drug-likeness (QED) is 0.209. The lowest BCUT2D eigenvalue weighted by Gasteiger charge is -2.09. The molecule has 3 aromatic rings. The molecular weight excluding hydrogens is 492 g/mol. The summed E-state index contributed by atoms with van der Waals surface area (Å²) in [5, 5.41) is 4.43. The number of nitrogens with one attached hydrogen (secondary N) is 1. The van der Waals surface area contributed by atoms with Crippen LogP contribution in [-0.4, -0.2) is 31.8 Å². The van der Waals surface area contributed by atoms with Crippen LogP contribution in [0.4, 0.5) is 0 Å². The Balaban J connectivity index is 1.55. The standard InChI is InChI=1S/C21H16BrClN2O6/c1-28-19-9-13(4-6-17(19)31-21(27)18-3-2-8-29-18)11-24-25-20(26)12-30-16-7-5-14(23)10-15(16)22/h2-11H,12H2,1H3,(H,25,26). The molecule has 0 saturated heterocycles. The summed E-state index contributed by atoms with van der Waals surface area (Å²) in [7, 11) is 1.44. The zero-order chi connectivity index (χ0) is 22.2. The second kappa shape index (κ2) is 10.6. The monoisotopic (exact) mass is 506 g/mol. The van der Waals surface area contributed by atoms with Crippen molar-refractivity contribution in [3.8, 4) is 17.2 Å². The largest absolute Gasteiger partial charge is 0.493 e. The maximum atomic E-state index is 12.0. The molecule has 3 rings (SSSR count). The van der Waals surface area contributed by atoms with Crippen molar-refractivity contribution in [1.29, 1.82) is 0 Å². The van der Waals surface area contributed by atoms with E-state index in [1.54, 1.807) is 42.5 Å². The first kappa shape index (κ1) is 22.4.